The maximum Gasteiger partial charge on any atom is 0.246 e. The van der Waals surface area contributed by atoms with Crippen LogP contribution in [0.1, 0.15) is 5.56 Å². The van der Waals surface area contributed by atoms with Crippen molar-refractivity contribution in [3.8, 4) is 28.5 Å². The second-order valence-electron chi connectivity index (χ2n) is 7.62. The van der Waals surface area contributed by atoms with Crippen LogP contribution in [0.3, 0.4) is 0 Å². The Balaban J connectivity index is 1.36. The molecule has 9 nitrogen and oxygen atoms in total. The van der Waals surface area contributed by atoms with E-state index in [4.69, 9.17) is 14.2 Å². The molecule has 0 bridgehead atoms. The molecule has 1 aliphatic heterocycles. The minimum atomic E-state index is -0.0496. The van der Waals surface area contributed by atoms with Crippen LogP contribution in [0.2, 0.25) is 0 Å². The third-order valence-corrected chi connectivity index (χ3v) is 5.63. The Kier molecular flexibility index (Phi) is 7.22. The Morgan fingerprint density at radius 2 is 1.68 bits per heavy atom. The van der Waals surface area contributed by atoms with Gasteiger partial charge in [-0.2, -0.15) is 0 Å². The lowest BCUT2D eigenvalue weighted by molar-refractivity contribution is -0.126. The minimum Gasteiger partial charge on any atom is -0.493 e. The summed E-state index contributed by atoms with van der Waals surface area (Å²) in [6, 6.07) is 11.3. The molecule has 0 N–H and O–H groups in total. The Bertz CT molecular complexity index is 1120. The SMILES string of the molecule is COc1cc(/C=C/C(=O)N2CCN(c3ccc(-c4cccnc4)nn3)CC2)cc(OC)c1OC. The van der Waals surface area contributed by atoms with Gasteiger partial charge < -0.3 is 24.0 Å². The van der Waals surface area contributed by atoms with Crippen LogP contribution in [0.5, 0.6) is 17.2 Å². The number of anilines is 1. The van der Waals surface area contributed by atoms with E-state index in [1.165, 1.54) is 0 Å². The van der Waals surface area contributed by atoms with E-state index in [9.17, 15) is 4.79 Å². The monoisotopic (exact) mass is 461 g/mol. The summed E-state index contributed by atoms with van der Waals surface area (Å²) in [5.41, 5.74) is 2.49. The van der Waals surface area contributed by atoms with Gasteiger partial charge in [0.15, 0.2) is 17.3 Å². The van der Waals surface area contributed by atoms with Crippen molar-refractivity contribution >= 4 is 17.8 Å². The Morgan fingerprint density at radius 1 is 0.941 bits per heavy atom. The lowest BCUT2D eigenvalue weighted by atomic mass is 10.1. The zero-order chi connectivity index (χ0) is 23.9. The summed E-state index contributed by atoms with van der Waals surface area (Å²) >= 11 is 0. The van der Waals surface area contributed by atoms with Crippen LogP contribution in [0.25, 0.3) is 17.3 Å². The first-order valence-corrected chi connectivity index (χ1v) is 10.9. The van der Waals surface area contributed by atoms with E-state index >= 15 is 0 Å². The van der Waals surface area contributed by atoms with Crippen LogP contribution < -0.4 is 19.1 Å². The third-order valence-electron chi connectivity index (χ3n) is 5.63. The quantitative estimate of drug-likeness (QED) is 0.496. The molecule has 9 heteroatoms. The minimum absolute atomic E-state index is 0.0496. The highest BCUT2D eigenvalue weighted by molar-refractivity contribution is 5.92. The zero-order valence-corrected chi connectivity index (χ0v) is 19.5. The molecule has 1 fully saturated rings. The number of hydrogen-bond acceptors (Lipinski definition) is 8. The number of ether oxygens (including phenoxy) is 3. The number of hydrogen-bond donors (Lipinski definition) is 0. The molecule has 4 rings (SSSR count). The average molecular weight is 462 g/mol. The fourth-order valence-electron chi connectivity index (χ4n) is 3.79. The summed E-state index contributed by atoms with van der Waals surface area (Å²) in [6.07, 6.45) is 6.81. The Morgan fingerprint density at radius 3 is 2.24 bits per heavy atom. The number of piperazine rings is 1. The Hall–Kier alpha value is -4.14. The molecule has 34 heavy (non-hydrogen) atoms. The van der Waals surface area contributed by atoms with Crippen LogP contribution in [0, 0.1) is 0 Å². The van der Waals surface area contributed by atoms with Crippen molar-refractivity contribution < 1.29 is 19.0 Å². The van der Waals surface area contributed by atoms with Gasteiger partial charge in [-0.15, -0.1) is 10.2 Å². The van der Waals surface area contributed by atoms with Crippen LogP contribution >= 0.6 is 0 Å². The molecule has 3 heterocycles. The molecule has 176 valence electrons. The first-order valence-electron chi connectivity index (χ1n) is 10.9. The summed E-state index contributed by atoms with van der Waals surface area (Å²) in [5, 5.41) is 8.70. The Labute approximate surface area is 198 Å². The van der Waals surface area contributed by atoms with Gasteiger partial charge in [0.1, 0.15) is 0 Å². The third kappa shape index (κ3) is 5.09. The van der Waals surface area contributed by atoms with Crippen molar-refractivity contribution in [3.05, 3.63) is 60.4 Å². The maximum atomic E-state index is 12.7. The highest BCUT2D eigenvalue weighted by Crippen LogP contribution is 2.38. The van der Waals surface area contributed by atoms with Crippen molar-refractivity contribution in [1.82, 2.24) is 20.1 Å². The van der Waals surface area contributed by atoms with Crippen molar-refractivity contribution in [2.45, 2.75) is 0 Å². The normalized spacial score (nSPS) is 13.7. The van der Waals surface area contributed by atoms with E-state index < -0.39 is 0 Å². The van der Waals surface area contributed by atoms with E-state index in [0.717, 1.165) is 22.6 Å². The summed E-state index contributed by atoms with van der Waals surface area (Å²) in [7, 11) is 4.68. The van der Waals surface area contributed by atoms with E-state index in [0.29, 0.717) is 43.4 Å². The molecule has 0 atom stereocenters. The summed E-state index contributed by atoms with van der Waals surface area (Å²) < 4.78 is 16.1. The maximum absolute atomic E-state index is 12.7. The van der Waals surface area contributed by atoms with Crippen LogP contribution in [-0.4, -0.2) is 73.5 Å². The van der Waals surface area contributed by atoms with E-state index in [2.05, 4.69) is 20.1 Å². The van der Waals surface area contributed by atoms with Gasteiger partial charge in [-0.05, 0) is 48.0 Å². The predicted octanol–water partition coefficient (Wildman–Crippen LogP) is 2.93. The first-order chi connectivity index (χ1) is 16.6. The molecule has 1 aliphatic rings. The number of rotatable bonds is 7. The molecular weight excluding hydrogens is 434 g/mol. The van der Waals surface area contributed by atoms with Gasteiger partial charge in [-0.25, -0.2) is 0 Å². The number of carbonyl (C=O) groups is 1. The molecule has 2 aromatic heterocycles. The molecule has 1 amide bonds. The summed E-state index contributed by atoms with van der Waals surface area (Å²) in [6.45, 7) is 2.57. The van der Waals surface area contributed by atoms with Gasteiger partial charge in [-0.3, -0.25) is 9.78 Å². The van der Waals surface area contributed by atoms with Gasteiger partial charge in [0.25, 0.3) is 0 Å². The average Bonchev–Trinajstić information content (AvgIpc) is 2.91. The largest absolute Gasteiger partial charge is 0.493 e. The van der Waals surface area contributed by atoms with Crippen LogP contribution in [0.4, 0.5) is 5.82 Å². The van der Waals surface area contributed by atoms with Crippen molar-refractivity contribution in [2.24, 2.45) is 0 Å². The zero-order valence-electron chi connectivity index (χ0n) is 19.5. The van der Waals surface area contributed by atoms with Crippen LogP contribution in [0.15, 0.2) is 54.9 Å². The van der Waals surface area contributed by atoms with Gasteiger partial charge in [-0.1, -0.05) is 0 Å². The van der Waals surface area contributed by atoms with Crippen molar-refractivity contribution in [3.63, 3.8) is 0 Å². The molecule has 0 spiro atoms. The van der Waals surface area contributed by atoms with Crippen molar-refractivity contribution in [1.29, 1.82) is 0 Å². The number of methoxy groups -OCH3 is 3. The first kappa shape index (κ1) is 23.0. The smallest absolute Gasteiger partial charge is 0.246 e. The molecule has 1 aromatic carbocycles. The van der Waals surface area contributed by atoms with E-state index in [-0.39, 0.29) is 5.91 Å². The second kappa shape index (κ2) is 10.7. The highest BCUT2D eigenvalue weighted by Gasteiger charge is 2.21. The molecular formula is C25H27N5O4. The molecule has 0 aliphatic carbocycles. The fourth-order valence-corrected chi connectivity index (χ4v) is 3.79. The molecule has 1 saturated heterocycles. The fraction of sp³-hybridized carbons (Fsp3) is 0.280. The van der Waals surface area contributed by atoms with Crippen molar-refractivity contribution in [2.75, 3.05) is 52.4 Å². The van der Waals surface area contributed by atoms with E-state index in [1.54, 1.807) is 58.0 Å². The number of benzene rings is 1. The summed E-state index contributed by atoms with van der Waals surface area (Å²) in [5.74, 6) is 2.34. The van der Waals surface area contributed by atoms with Gasteiger partial charge in [0.05, 0.1) is 27.0 Å². The van der Waals surface area contributed by atoms with E-state index in [1.807, 2.05) is 29.2 Å². The molecule has 0 saturated carbocycles. The number of amides is 1. The molecule has 0 radical (unpaired) electrons. The topological polar surface area (TPSA) is 89.9 Å². The van der Waals surface area contributed by atoms with Gasteiger partial charge >= 0.3 is 0 Å². The number of carbonyl (C=O) groups excluding carboxylic acids is 1. The summed E-state index contributed by atoms with van der Waals surface area (Å²) in [4.78, 5) is 20.8. The number of nitrogens with zero attached hydrogens (tertiary/aromatic N) is 5. The second-order valence-corrected chi connectivity index (χ2v) is 7.62. The number of pyridine rings is 1. The molecule has 3 aromatic rings. The predicted molar refractivity (Wildman–Crippen MR) is 129 cm³/mol. The lowest BCUT2D eigenvalue weighted by Crippen LogP contribution is -2.48. The number of aromatic nitrogens is 3. The molecule has 0 unspecified atom stereocenters. The lowest BCUT2D eigenvalue weighted by Gasteiger charge is -2.34. The van der Waals surface area contributed by atoms with Gasteiger partial charge in [0, 0.05) is 50.2 Å². The van der Waals surface area contributed by atoms with Gasteiger partial charge in [0.2, 0.25) is 11.7 Å². The standard InChI is InChI=1S/C25H27N5O4/c1-32-21-15-18(16-22(33-2)25(21)34-3)6-9-24(31)30-13-11-29(12-14-30)23-8-7-20(27-28-23)19-5-4-10-26-17-19/h4-10,15-17H,11-14H2,1-3H3/b9-6+. The highest BCUT2D eigenvalue weighted by atomic mass is 16.5. The van der Waals surface area contributed by atoms with Crippen LogP contribution in [-0.2, 0) is 4.79 Å².